The fourth-order valence-electron chi connectivity index (χ4n) is 1.82. The number of benzene rings is 1. The van der Waals surface area contributed by atoms with Crippen LogP contribution >= 0.6 is 15.9 Å². The van der Waals surface area contributed by atoms with Crippen molar-refractivity contribution in [3.05, 3.63) is 34.3 Å². The molecule has 0 aliphatic rings. The Labute approximate surface area is 114 Å². The van der Waals surface area contributed by atoms with E-state index in [1.54, 1.807) is 0 Å². The Bertz CT molecular complexity index is 326. The van der Waals surface area contributed by atoms with Gasteiger partial charge in [0.05, 0.1) is 0 Å². The summed E-state index contributed by atoms with van der Waals surface area (Å²) in [4.78, 5) is 4.76. The number of rotatable bonds is 7. The highest BCUT2D eigenvalue weighted by molar-refractivity contribution is 9.10. The second-order valence-corrected chi connectivity index (χ2v) is 5.63. The first kappa shape index (κ1) is 14.7. The first-order valence-corrected chi connectivity index (χ1v) is 7.02. The van der Waals surface area contributed by atoms with E-state index >= 15 is 0 Å². The van der Waals surface area contributed by atoms with Gasteiger partial charge in [0.25, 0.3) is 0 Å². The van der Waals surface area contributed by atoms with Crippen molar-refractivity contribution in [1.29, 1.82) is 0 Å². The summed E-state index contributed by atoms with van der Waals surface area (Å²) in [5.74, 6) is 0. The zero-order valence-electron chi connectivity index (χ0n) is 11.1. The molecule has 0 heterocycles. The summed E-state index contributed by atoms with van der Waals surface area (Å²) in [6.45, 7) is 6.70. The largest absolute Gasteiger partial charge is 0.308 e. The van der Waals surface area contributed by atoms with Gasteiger partial charge in [-0.25, -0.2) is 0 Å². The normalized spacial score (nSPS) is 11.4. The molecule has 17 heavy (non-hydrogen) atoms. The van der Waals surface area contributed by atoms with E-state index in [9.17, 15) is 0 Å². The molecule has 0 aromatic heterocycles. The third-order valence-electron chi connectivity index (χ3n) is 2.70. The molecular formula is C14H23BrN2. The smallest absolute Gasteiger partial charge is 0.0234 e. The van der Waals surface area contributed by atoms with Gasteiger partial charge in [0.15, 0.2) is 0 Å². The van der Waals surface area contributed by atoms with E-state index in [2.05, 4.69) is 71.0 Å². The van der Waals surface area contributed by atoms with Crippen LogP contribution in [0.15, 0.2) is 28.7 Å². The Kier molecular flexibility index (Phi) is 6.78. The van der Waals surface area contributed by atoms with Crippen molar-refractivity contribution in [2.24, 2.45) is 0 Å². The fraction of sp³-hybridized carbons (Fsp3) is 0.571. The summed E-state index contributed by atoms with van der Waals surface area (Å²) in [7, 11) is 4.26. The zero-order chi connectivity index (χ0) is 12.7. The first-order valence-electron chi connectivity index (χ1n) is 6.23. The second-order valence-electron chi connectivity index (χ2n) is 4.71. The highest BCUT2D eigenvalue weighted by Gasteiger charge is 2.05. The minimum atomic E-state index is 1.04. The predicted molar refractivity (Wildman–Crippen MR) is 78.3 cm³/mol. The molecule has 0 bridgehead atoms. The lowest BCUT2D eigenvalue weighted by atomic mass is 10.2. The van der Waals surface area contributed by atoms with Gasteiger partial charge in [-0.15, -0.1) is 0 Å². The van der Waals surface area contributed by atoms with Crippen molar-refractivity contribution in [1.82, 2.24) is 9.80 Å². The maximum Gasteiger partial charge on any atom is 0.0234 e. The minimum Gasteiger partial charge on any atom is -0.308 e. The molecule has 3 heteroatoms. The van der Waals surface area contributed by atoms with Gasteiger partial charge in [-0.2, -0.15) is 0 Å². The zero-order valence-corrected chi connectivity index (χ0v) is 12.7. The van der Waals surface area contributed by atoms with Crippen LogP contribution in [-0.2, 0) is 6.54 Å². The van der Waals surface area contributed by atoms with E-state index in [1.807, 2.05) is 0 Å². The summed E-state index contributed by atoms with van der Waals surface area (Å²) in [6, 6.07) is 8.59. The van der Waals surface area contributed by atoms with E-state index < -0.39 is 0 Å². The molecule has 96 valence electrons. The number of halogens is 1. The summed E-state index contributed by atoms with van der Waals surface area (Å²) < 4.78 is 1.17. The maximum atomic E-state index is 3.53. The molecule has 0 radical (unpaired) electrons. The van der Waals surface area contributed by atoms with Crippen molar-refractivity contribution >= 4 is 15.9 Å². The average Bonchev–Trinajstić information content (AvgIpc) is 2.26. The molecule has 1 aromatic carbocycles. The third kappa shape index (κ3) is 6.20. The SMILES string of the molecule is CCCN(CCN(C)C)Cc1cccc(Br)c1. The van der Waals surface area contributed by atoms with Crippen molar-refractivity contribution < 1.29 is 0 Å². The molecule has 1 rings (SSSR count). The number of hydrogen-bond acceptors (Lipinski definition) is 2. The maximum absolute atomic E-state index is 3.53. The van der Waals surface area contributed by atoms with E-state index in [0.717, 1.165) is 19.6 Å². The predicted octanol–water partition coefficient (Wildman–Crippen LogP) is 3.22. The fourth-order valence-corrected chi connectivity index (χ4v) is 2.27. The van der Waals surface area contributed by atoms with Crippen LogP contribution in [-0.4, -0.2) is 43.5 Å². The van der Waals surface area contributed by atoms with Gasteiger partial charge in [-0.3, -0.25) is 4.90 Å². The van der Waals surface area contributed by atoms with Gasteiger partial charge in [0, 0.05) is 24.1 Å². The molecule has 0 amide bonds. The molecule has 0 spiro atoms. The Morgan fingerprint density at radius 3 is 2.47 bits per heavy atom. The van der Waals surface area contributed by atoms with Crippen molar-refractivity contribution in [3.63, 3.8) is 0 Å². The van der Waals surface area contributed by atoms with Crippen molar-refractivity contribution in [2.75, 3.05) is 33.7 Å². The molecule has 0 N–H and O–H groups in total. The minimum absolute atomic E-state index is 1.04. The molecule has 1 aromatic rings. The van der Waals surface area contributed by atoms with Gasteiger partial charge in [-0.1, -0.05) is 35.0 Å². The molecule has 2 nitrogen and oxygen atoms in total. The highest BCUT2D eigenvalue weighted by Crippen LogP contribution is 2.13. The Balaban J connectivity index is 2.53. The average molecular weight is 299 g/mol. The third-order valence-corrected chi connectivity index (χ3v) is 3.19. The summed E-state index contributed by atoms with van der Waals surface area (Å²) in [6.07, 6.45) is 1.21. The van der Waals surface area contributed by atoms with Crippen LogP contribution in [0.2, 0.25) is 0 Å². The molecule has 0 aliphatic heterocycles. The van der Waals surface area contributed by atoms with Crippen LogP contribution in [0.4, 0.5) is 0 Å². The van der Waals surface area contributed by atoms with Crippen LogP contribution in [0.25, 0.3) is 0 Å². The number of hydrogen-bond donors (Lipinski definition) is 0. The Hall–Kier alpha value is -0.380. The molecule has 0 aliphatic carbocycles. The van der Waals surface area contributed by atoms with E-state index in [0.29, 0.717) is 0 Å². The van der Waals surface area contributed by atoms with Gasteiger partial charge < -0.3 is 4.90 Å². The molecular weight excluding hydrogens is 276 g/mol. The molecule has 0 fully saturated rings. The molecule has 0 saturated carbocycles. The first-order chi connectivity index (χ1) is 8.11. The monoisotopic (exact) mass is 298 g/mol. The lowest BCUT2D eigenvalue weighted by Gasteiger charge is -2.23. The van der Waals surface area contributed by atoms with Crippen molar-refractivity contribution in [3.8, 4) is 0 Å². The molecule has 0 atom stereocenters. The Morgan fingerprint density at radius 2 is 1.88 bits per heavy atom. The molecule has 0 saturated heterocycles. The van der Waals surface area contributed by atoms with Crippen LogP contribution in [0.5, 0.6) is 0 Å². The highest BCUT2D eigenvalue weighted by atomic mass is 79.9. The quantitative estimate of drug-likeness (QED) is 0.763. The van der Waals surface area contributed by atoms with E-state index in [4.69, 9.17) is 0 Å². The lowest BCUT2D eigenvalue weighted by Crippen LogP contribution is -2.32. The summed E-state index contributed by atoms with van der Waals surface area (Å²) >= 11 is 3.53. The lowest BCUT2D eigenvalue weighted by molar-refractivity contribution is 0.234. The summed E-state index contributed by atoms with van der Waals surface area (Å²) in [5.41, 5.74) is 1.38. The number of nitrogens with zero attached hydrogens (tertiary/aromatic N) is 2. The second kappa shape index (κ2) is 7.85. The summed E-state index contributed by atoms with van der Waals surface area (Å²) in [5, 5.41) is 0. The van der Waals surface area contributed by atoms with Gasteiger partial charge >= 0.3 is 0 Å². The van der Waals surface area contributed by atoms with E-state index in [1.165, 1.54) is 23.0 Å². The topological polar surface area (TPSA) is 6.48 Å². The van der Waals surface area contributed by atoms with Crippen LogP contribution in [0.3, 0.4) is 0 Å². The standard InChI is InChI=1S/C14H23BrN2/c1-4-8-17(10-9-16(2)3)12-13-6-5-7-14(15)11-13/h5-7,11H,4,8-10,12H2,1-3H3. The van der Waals surface area contributed by atoms with E-state index in [-0.39, 0.29) is 0 Å². The molecule has 0 unspecified atom stereocenters. The number of likely N-dealkylation sites (N-methyl/N-ethyl adjacent to an activating group) is 1. The van der Waals surface area contributed by atoms with Crippen LogP contribution < -0.4 is 0 Å². The van der Waals surface area contributed by atoms with Gasteiger partial charge in [-0.05, 0) is 44.8 Å². The van der Waals surface area contributed by atoms with Crippen LogP contribution in [0.1, 0.15) is 18.9 Å². The Morgan fingerprint density at radius 1 is 1.12 bits per heavy atom. The van der Waals surface area contributed by atoms with Gasteiger partial charge in [0.1, 0.15) is 0 Å². The van der Waals surface area contributed by atoms with Crippen LogP contribution in [0, 0.1) is 0 Å². The van der Waals surface area contributed by atoms with Gasteiger partial charge in [0.2, 0.25) is 0 Å². The van der Waals surface area contributed by atoms with Crippen molar-refractivity contribution in [2.45, 2.75) is 19.9 Å².